The Morgan fingerprint density at radius 3 is 2.23 bits per heavy atom. The summed E-state index contributed by atoms with van der Waals surface area (Å²) < 4.78 is 67.3. The Kier molecular flexibility index (Phi) is 12.9. The number of methoxy groups -OCH3 is 1. The van der Waals surface area contributed by atoms with E-state index in [-0.39, 0.29) is 35.0 Å². The van der Waals surface area contributed by atoms with Gasteiger partial charge in [0.25, 0.3) is 6.08 Å². The Balaban J connectivity index is 1.74. The molecule has 1 aromatic rings. The van der Waals surface area contributed by atoms with Gasteiger partial charge >= 0.3 is 30.0 Å². The van der Waals surface area contributed by atoms with Crippen LogP contribution in [0.2, 0.25) is 0 Å². The smallest absolute Gasteiger partial charge is 0.408 e. The van der Waals surface area contributed by atoms with Gasteiger partial charge in [0.2, 0.25) is 0 Å². The van der Waals surface area contributed by atoms with Crippen LogP contribution in [-0.4, -0.2) is 124 Å². The molecule has 1 aromatic carbocycles. The van der Waals surface area contributed by atoms with Crippen molar-refractivity contribution in [3.05, 3.63) is 53.1 Å². The predicted molar refractivity (Wildman–Crippen MR) is 205 cm³/mol. The normalized spacial score (nSPS) is 32.4. The number of benzene rings is 1. The Bertz CT molecular complexity index is 2020. The van der Waals surface area contributed by atoms with Crippen LogP contribution in [0.4, 0.5) is 13.6 Å². The highest BCUT2D eigenvalue weighted by molar-refractivity contribution is 5.95. The molecule has 5 rings (SSSR count). The molecule has 0 spiro atoms. The molecule has 2 bridgehead atoms. The van der Waals surface area contributed by atoms with Crippen LogP contribution in [0.15, 0.2) is 47.6 Å². The number of aliphatic hydroxyl groups is 3. The molecule has 3 aliphatic carbocycles. The maximum absolute atomic E-state index is 15.4. The number of nitrogens with one attached hydrogen (secondary N) is 1. The largest absolute Gasteiger partial charge is 0.497 e. The summed E-state index contributed by atoms with van der Waals surface area (Å²) in [4.78, 5) is 81.9. The van der Waals surface area contributed by atoms with E-state index < -0.39 is 131 Å². The lowest BCUT2D eigenvalue weighted by Crippen LogP contribution is -2.82. The molecule has 0 radical (unpaired) electrons. The van der Waals surface area contributed by atoms with Gasteiger partial charge < -0.3 is 53.8 Å². The van der Waals surface area contributed by atoms with E-state index in [4.69, 9.17) is 33.2 Å². The average Bonchev–Trinajstić information content (AvgIpc) is 3.14. The maximum atomic E-state index is 15.4. The van der Waals surface area contributed by atoms with E-state index in [2.05, 4.69) is 0 Å². The summed E-state index contributed by atoms with van der Waals surface area (Å²) in [7, 11) is 1.36. The monoisotopic (exact) mass is 865 g/mol. The number of rotatable bonds is 10. The number of halogens is 2. The van der Waals surface area contributed by atoms with Gasteiger partial charge in [0.1, 0.15) is 35.3 Å². The number of ketones is 1. The number of fused-ring (bicyclic) bond motifs is 5. The van der Waals surface area contributed by atoms with Crippen LogP contribution < -0.4 is 10.1 Å². The van der Waals surface area contributed by atoms with Crippen LogP contribution in [-0.2, 0) is 47.6 Å². The van der Waals surface area contributed by atoms with Gasteiger partial charge in [0, 0.05) is 38.2 Å². The molecule has 1 saturated heterocycles. The fourth-order valence-corrected chi connectivity index (χ4v) is 9.34. The van der Waals surface area contributed by atoms with Crippen molar-refractivity contribution in [3.8, 4) is 5.75 Å². The molecular weight excluding hydrogens is 812 g/mol. The highest BCUT2D eigenvalue weighted by atomic mass is 19.3. The molecule has 336 valence electrons. The van der Waals surface area contributed by atoms with Crippen molar-refractivity contribution in [2.24, 2.45) is 16.7 Å². The lowest BCUT2D eigenvalue weighted by atomic mass is 9.44. The number of carbonyl (C=O) groups is 6. The first-order valence-corrected chi connectivity index (χ1v) is 19.5. The van der Waals surface area contributed by atoms with Gasteiger partial charge in [-0.25, -0.2) is 14.4 Å². The zero-order valence-electron chi connectivity index (χ0n) is 35.5. The predicted octanol–water partition coefficient (Wildman–Crippen LogP) is 3.25. The minimum Gasteiger partial charge on any atom is -0.497 e. The first-order chi connectivity index (χ1) is 28.1. The third-order valence-corrected chi connectivity index (χ3v) is 12.3. The first-order valence-electron chi connectivity index (χ1n) is 19.5. The highest BCUT2D eigenvalue weighted by Gasteiger charge is 2.78. The third-order valence-electron chi connectivity index (χ3n) is 12.3. The molecule has 3 fully saturated rings. The van der Waals surface area contributed by atoms with E-state index in [0.29, 0.717) is 0 Å². The van der Waals surface area contributed by atoms with Crippen molar-refractivity contribution in [3.63, 3.8) is 0 Å². The summed E-state index contributed by atoms with van der Waals surface area (Å²) in [6.07, 6.45) is -15.4. The second-order valence-electron chi connectivity index (χ2n) is 17.6. The number of aliphatic hydroxyl groups excluding tert-OH is 2. The van der Waals surface area contributed by atoms with E-state index in [1.54, 1.807) is 6.07 Å². The highest BCUT2D eigenvalue weighted by Crippen LogP contribution is 2.64. The molecule has 4 N–H and O–H groups in total. The van der Waals surface area contributed by atoms with Gasteiger partial charge in [-0.1, -0.05) is 19.9 Å². The van der Waals surface area contributed by atoms with Crippen LogP contribution >= 0.6 is 0 Å². The maximum Gasteiger partial charge on any atom is 0.408 e. The lowest BCUT2D eigenvalue weighted by Gasteiger charge is -2.67. The fraction of sp³-hybridized carbons (Fsp3) is 0.619. The van der Waals surface area contributed by atoms with Crippen LogP contribution in [0, 0.1) is 16.7 Å². The number of alkyl carbamates (subject to hydrolysis) is 1. The SMILES string of the molecule is COc1cccc(C(=O)O[C@H]2[C@@H]3[C@]4(OC(C)=O)CO[C@@H]4C[C@H](O)[C@@]3(C)C(=O)[C@H](OC(C)=O)C3=C(C)[C@@H](OC(=O)[C@H](O)[C@H](C=C(F)F)NC(=O)OC(C)(C)C)C[C@]2(O)C3(C)C)c1. The summed E-state index contributed by atoms with van der Waals surface area (Å²) in [5, 5.41) is 38.7. The number of esters is 4. The first kappa shape index (κ1) is 47.1. The van der Waals surface area contributed by atoms with E-state index in [0.717, 1.165) is 13.8 Å². The molecule has 2 saturated carbocycles. The number of ether oxygens (including phenoxy) is 7. The van der Waals surface area contributed by atoms with Gasteiger partial charge in [0.05, 0.1) is 42.8 Å². The van der Waals surface area contributed by atoms with Crippen LogP contribution in [0.5, 0.6) is 5.75 Å². The Morgan fingerprint density at radius 2 is 1.69 bits per heavy atom. The van der Waals surface area contributed by atoms with E-state index in [1.165, 1.54) is 73.8 Å². The number of carbonyl (C=O) groups excluding carboxylic acids is 6. The van der Waals surface area contributed by atoms with Gasteiger partial charge in [-0.3, -0.25) is 14.4 Å². The van der Waals surface area contributed by atoms with E-state index in [1.807, 2.05) is 5.32 Å². The quantitative estimate of drug-likeness (QED) is 0.150. The molecule has 61 heavy (non-hydrogen) atoms. The van der Waals surface area contributed by atoms with Crippen molar-refractivity contribution < 1.29 is 86.0 Å². The topological polar surface area (TPSA) is 240 Å². The second-order valence-corrected chi connectivity index (χ2v) is 17.6. The molecule has 0 unspecified atom stereocenters. The van der Waals surface area contributed by atoms with Crippen LogP contribution in [0.25, 0.3) is 0 Å². The van der Waals surface area contributed by atoms with E-state index >= 15 is 4.79 Å². The third kappa shape index (κ3) is 8.48. The molecule has 1 heterocycles. The molecular formula is C42H53F2NO16. The number of hydrogen-bond donors (Lipinski definition) is 4. The Morgan fingerprint density at radius 1 is 1.03 bits per heavy atom. The molecule has 1 aliphatic heterocycles. The van der Waals surface area contributed by atoms with Crippen molar-refractivity contribution >= 4 is 35.8 Å². The molecule has 1 amide bonds. The zero-order chi connectivity index (χ0) is 45.8. The summed E-state index contributed by atoms with van der Waals surface area (Å²) in [5.41, 5.74) is -9.67. The lowest BCUT2D eigenvalue weighted by molar-refractivity contribution is -0.346. The molecule has 0 aromatic heterocycles. The second kappa shape index (κ2) is 16.7. The zero-order valence-corrected chi connectivity index (χ0v) is 35.5. The number of amides is 1. The summed E-state index contributed by atoms with van der Waals surface area (Å²) >= 11 is 0. The minimum atomic E-state index is -2.54. The van der Waals surface area contributed by atoms with Gasteiger partial charge in [-0.15, -0.1) is 0 Å². The van der Waals surface area contributed by atoms with Crippen LogP contribution in [0.1, 0.15) is 85.5 Å². The summed E-state index contributed by atoms with van der Waals surface area (Å²) in [6.45, 7) is 11.8. The van der Waals surface area contributed by atoms with Gasteiger partial charge in [-0.2, -0.15) is 8.78 Å². The Hall–Kier alpha value is -4.98. The molecule has 17 nitrogen and oxygen atoms in total. The summed E-state index contributed by atoms with van der Waals surface area (Å²) in [5.74, 6) is -6.87. The van der Waals surface area contributed by atoms with Gasteiger partial charge in [0.15, 0.2) is 23.6 Å². The van der Waals surface area contributed by atoms with Crippen molar-refractivity contribution in [2.45, 2.75) is 135 Å². The van der Waals surface area contributed by atoms with Crippen molar-refractivity contribution in [2.75, 3.05) is 13.7 Å². The van der Waals surface area contributed by atoms with Crippen molar-refractivity contribution in [1.82, 2.24) is 5.32 Å². The standard InChI is InChI=1S/C42H53F2NO16/c1-19-25(58-36(52)30(49)24(15-28(43)44)45-37(53)61-38(4,5)6)17-42(54)34(59-35(51)22-12-11-13-23(14-22)55-10)32-40(9,26(48)16-27-41(32,18-56-27)60-21(3)47)33(50)31(57-20(2)46)29(19)39(42,7)8/h11-15,24-27,30-32,34,48-49,54H,16-18H2,1-10H3,(H,45,53)/t24-,25-,26-,27+,30+,31+,32-,34-,40+,41-,42+/m0/s1. The minimum absolute atomic E-state index is 0.00321. The molecule has 4 aliphatic rings. The van der Waals surface area contributed by atoms with E-state index in [9.17, 15) is 48.1 Å². The summed E-state index contributed by atoms with van der Waals surface area (Å²) in [6, 6.07) is 3.66. The number of hydrogen-bond acceptors (Lipinski definition) is 16. The van der Waals surface area contributed by atoms with Gasteiger partial charge in [-0.05, 0) is 64.0 Å². The molecule has 19 heteroatoms. The Labute approximate surface area is 350 Å². The fourth-order valence-electron chi connectivity index (χ4n) is 9.34. The van der Waals surface area contributed by atoms with Crippen molar-refractivity contribution in [1.29, 1.82) is 0 Å². The molecule has 11 atom stereocenters. The van der Waals surface area contributed by atoms with Crippen LogP contribution in [0.3, 0.4) is 0 Å². The number of Topliss-reactive ketones (excluding diaryl/α,β-unsaturated/α-hetero) is 1. The average molecular weight is 866 g/mol.